The molecule has 0 aliphatic carbocycles. The number of hydrogen-bond donors (Lipinski definition) is 1. The van der Waals surface area contributed by atoms with Crippen molar-refractivity contribution in [2.45, 2.75) is 45.8 Å². The number of ether oxygens (including phenoxy) is 1. The summed E-state index contributed by atoms with van der Waals surface area (Å²) in [6, 6.07) is 18.8. The van der Waals surface area contributed by atoms with E-state index in [9.17, 15) is 0 Å². The van der Waals surface area contributed by atoms with Crippen molar-refractivity contribution in [2.24, 2.45) is 0 Å². The summed E-state index contributed by atoms with van der Waals surface area (Å²) in [5, 5.41) is 12.8. The standard InChI is InChI=1S/C22H29N5O/c1-6-26(16-17-10-8-7-9-11-17)20(18-12-14-19(28-5)15-13-18)21-23-24-25-27(21)22(2,3)4/h7-15,20H,6,16H2,1-5H3/p+1/t20-/m1/s1. The Balaban J connectivity index is 2.06. The zero-order chi connectivity index (χ0) is 20.1. The second-order valence-corrected chi connectivity index (χ2v) is 8.00. The van der Waals surface area contributed by atoms with Crippen LogP contribution in [0, 0.1) is 0 Å². The molecular weight excluding hydrogens is 350 g/mol. The molecule has 6 nitrogen and oxygen atoms in total. The van der Waals surface area contributed by atoms with Crippen molar-refractivity contribution in [3.8, 4) is 5.75 Å². The first-order valence-corrected chi connectivity index (χ1v) is 9.75. The molecule has 0 aliphatic rings. The number of hydrogen-bond acceptors (Lipinski definition) is 4. The Morgan fingerprint density at radius 3 is 2.29 bits per heavy atom. The summed E-state index contributed by atoms with van der Waals surface area (Å²) in [7, 11) is 1.69. The van der Waals surface area contributed by atoms with Gasteiger partial charge in [0.25, 0.3) is 0 Å². The Bertz CT molecular complexity index is 868. The fourth-order valence-corrected chi connectivity index (χ4v) is 3.50. The third kappa shape index (κ3) is 4.39. The summed E-state index contributed by atoms with van der Waals surface area (Å²) in [5.41, 5.74) is 2.27. The van der Waals surface area contributed by atoms with Gasteiger partial charge >= 0.3 is 0 Å². The van der Waals surface area contributed by atoms with Crippen molar-refractivity contribution >= 4 is 0 Å². The first-order valence-electron chi connectivity index (χ1n) is 9.75. The Kier molecular flexibility index (Phi) is 6.09. The summed E-state index contributed by atoms with van der Waals surface area (Å²) >= 11 is 0. The monoisotopic (exact) mass is 380 g/mol. The van der Waals surface area contributed by atoms with Gasteiger partial charge in [-0.05, 0) is 62.4 Å². The van der Waals surface area contributed by atoms with Gasteiger partial charge in [-0.15, -0.1) is 5.10 Å². The third-order valence-electron chi connectivity index (χ3n) is 4.97. The summed E-state index contributed by atoms with van der Waals surface area (Å²) < 4.78 is 7.29. The van der Waals surface area contributed by atoms with Gasteiger partial charge in [0.1, 0.15) is 12.3 Å². The van der Waals surface area contributed by atoms with Gasteiger partial charge in [0.2, 0.25) is 5.82 Å². The number of tetrazole rings is 1. The second-order valence-electron chi connectivity index (χ2n) is 8.00. The predicted molar refractivity (Wildman–Crippen MR) is 109 cm³/mol. The molecule has 1 N–H and O–H groups in total. The lowest BCUT2D eigenvalue weighted by molar-refractivity contribution is -0.938. The number of rotatable bonds is 7. The minimum absolute atomic E-state index is 0.0188. The lowest BCUT2D eigenvalue weighted by Crippen LogP contribution is -3.11. The van der Waals surface area contributed by atoms with Crippen LogP contribution in [0.4, 0.5) is 0 Å². The van der Waals surface area contributed by atoms with Crippen LogP contribution in [0.25, 0.3) is 0 Å². The largest absolute Gasteiger partial charge is 0.497 e. The molecule has 0 spiro atoms. The maximum Gasteiger partial charge on any atom is 0.214 e. The number of methoxy groups -OCH3 is 1. The number of benzene rings is 2. The minimum Gasteiger partial charge on any atom is -0.497 e. The van der Waals surface area contributed by atoms with E-state index in [0.29, 0.717) is 0 Å². The van der Waals surface area contributed by atoms with E-state index in [-0.39, 0.29) is 11.6 Å². The highest BCUT2D eigenvalue weighted by Crippen LogP contribution is 2.24. The topological polar surface area (TPSA) is 57.3 Å². The fourth-order valence-electron chi connectivity index (χ4n) is 3.50. The summed E-state index contributed by atoms with van der Waals surface area (Å²) in [6.07, 6.45) is 0. The first kappa shape index (κ1) is 20.0. The Morgan fingerprint density at radius 2 is 1.71 bits per heavy atom. The molecule has 0 saturated heterocycles. The van der Waals surface area contributed by atoms with E-state index >= 15 is 0 Å². The molecular formula is C22H30N5O+. The van der Waals surface area contributed by atoms with Gasteiger partial charge in [-0.1, -0.05) is 30.3 Å². The maximum atomic E-state index is 5.35. The van der Waals surface area contributed by atoms with Crippen LogP contribution in [0.3, 0.4) is 0 Å². The Morgan fingerprint density at radius 1 is 1.04 bits per heavy atom. The number of nitrogens with zero attached hydrogens (tertiary/aromatic N) is 4. The molecule has 0 radical (unpaired) electrons. The maximum absolute atomic E-state index is 5.35. The average Bonchev–Trinajstić information content (AvgIpc) is 3.18. The van der Waals surface area contributed by atoms with Crippen LogP contribution < -0.4 is 9.64 Å². The van der Waals surface area contributed by atoms with E-state index in [2.05, 4.69) is 85.7 Å². The molecule has 0 fully saturated rings. The van der Waals surface area contributed by atoms with Crippen LogP contribution in [-0.4, -0.2) is 33.9 Å². The molecule has 3 rings (SSSR count). The van der Waals surface area contributed by atoms with E-state index < -0.39 is 0 Å². The summed E-state index contributed by atoms with van der Waals surface area (Å²) in [6.45, 7) is 10.4. The Hall–Kier alpha value is -2.73. The van der Waals surface area contributed by atoms with Gasteiger partial charge in [-0.3, -0.25) is 0 Å². The highest BCUT2D eigenvalue weighted by atomic mass is 16.5. The van der Waals surface area contributed by atoms with Gasteiger partial charge in [0, 0.05) is 11.1 Å². The van der Waals surface area contributed by atoms with E-state index in [1.54, 1.807) is 7.11 Å². The number of aromatic nitrogens is 4. The average molecular weight is 381 g/mol. The molecule has 1 heterocycles. The Labute approximate surface area is 167 Å². The van der Waals surface area contributed by atoms with Crippen molar-refractivity contribution in [2.75, 3.05) is 13.7 Å². The van der Waals surface area contributed by atoms with Crippen LogP contribution in [0.2, 0.25) is 0 Å². The summed E-state index contributed by atoms with van der Waals surface area (Å²) in [4.78, 5) is 1.39. The highest BCUT2D eigenvalue weighted by Gasteiger charge is 2.33. The van der Waals surface area contributed by atoms with Crippen molar-refractivity contribution in [1.29, 1.82) is 0 Å². The minimum atomic E-state index is -0.199. The fraction of sp³-hybridized carbons (Fsp3) is 0.409. The molecule has 2 aromatic carbocycles. The molecule has 6 heteroatoms. The van der Waals surface area contributed by atoms with E-state index in [0.717, 1.165) is 24.7 Å². The van der Waals surface area contributed by atoms with Crippen LogP contribution in [0.1, 0.15) is 50.7 Å². The normalized spacial score (nSPS) is 13.9. The SMILES string of the molecule is CC[NH+](Cc1ccccc1)[C@H](c1ccc(OC)cc1)c1nnnn1C(C)(C)C. The zero-order valence-electron chi connectivity index (χ0n) is 17.4. The van der Waals surface area contributed by atoms with E-state index in [4.69, 9.17) is 4.74 Å². The summed E-state index contributed by atoms with van der Waals surface area (Å²) in [5.74, 6) is 1.73. The molecule has 0 bridgehead atoms. The van der Waals surface area contributed by atoms with Gasteiger partial charge in [-0.2, -0.15) is 0 Å². The molecule has 28 heavy (non-hydrogen) atoms. The van der Waals surface area contributed by atoms with Crippen LogP contribution in [-0.2, 0) is 12.1 Å². The quantitative estimate of drug-likeness (QED) is 0.685. The molecule has 1 unspecified atom stereocenters. The van der Waals surface area contributed by atoms with Crippen LogP contribution in [0.15, 0.2) is 54.6 Å². The molecule has 0 amide bonds. The lowest BCUT2D eigenvalue weighted by Gasteiger charge is -2.30. The van der Waals surface area contributed by atoms with Crippen molar-refractivity contribution in [3.05, 3.63) is 71.5 Å². The molecule has 2 atom stereocenters. The highest BCUT2D eigenvalue weighted by molar-refractivity contribution is 5.30. The number of nitrogens with one attached hydrogen (secondary N) is 1. The van der Waals surface area contributed by atoms with Crippen LogP contribution in [0.5, 0.6) is 5.75 Å². The van der Waals surface area contributed by atoms with Crippen molar-refractivity contribution < 1.29 is 9.64 Å². The predicted octanol–water partition coefficient (Wildman–Crippen LogP) is 2.63. The molecule has 0 aliphatic heterocycles. The van der Waals surface area contributed by atoms with Gasteiger partial charge in [-0.25, -0.2) is 4.68 Å². The molecule has 148 valence electrons. The molecule has 0 saturated carbocycles. The smallest absolute Gasteiger partial charge is 0.214 e. The number of quaternary nitrogens is 1. The first-order chi connectivity index (χ1) is 13.4. The van der Waals surface area contributed by atoms with Crippen molar-refractivity contribution in [1.82, 2.24) is 20.2 Å². The second kappa shape index (κ2) is 8.52. The molecule has 3 aromatic rings. The van der Waals surface area contributed by atoms with E-state index in [1.165, 1.54) is 16.0 Å². The van der Waals surface area contributed by atoms with Crippen molar-refractivity contribution in [3.63, 3.8) is 0 Å². The van der Waals surface area contributed by atoms with Crippen LogP contribution >= 0.6 is 0 Å². The zero-order valence-corrected chi connectivity index (χ0v) is 17.4. The van der Waals surface area contributed by atoms with E-state index in [1.807, 2.05) is 16.8 Å². The third-order valence-corrected chi connectivity index (χ3v) is 4.97. The van der Waals surface area contributed by atoms with Gasteiger partial charge in [0.05, 0.1) is 19.2 Å². The van der Waals surface area contributed by atoms with Gasteiger partial charge in [0.15, 0.2) is 6.04 Å². The lowest BCUT2D eigenvalue weighted by atomic mass is 10.0. The van der Waals surface area contributed by atoms with Gasteiger partial charge < -0.3 is 9.64 Å². The molecule has 1 aromatic heterocycles.